The highest BCUT2D eigenvalue weighted by Crippen LogP contribution is 2.29. The number of aromatic nitrogens is 2. The van der Waals surface area contributed by atoms with Crippen molar-refractivity contribution in [2.45, 2.75) is 38.5 Å². The predicted molar refractivity (Wildman–Crippen MR) is 124 cm³/mol. The lowest BCUT2D eigenvalue weighted by Crippen LogP contribution is -2.44. The van der Waals surface area contributed by atoms with Crippen LogP contribution >= 0.6 is 0 Å². The van der Waals surface area contributed by atoms with E-state index in [9.17, 15) is 14.0 Å². The van der Waals surface area contributed by atoms with Gasteiger partial charge in [0, 0.05) is 30.0 Å². The molecule has 2 heterocycles. The third-order valence-corrected chi connectivity index (χ3v) is 6.57. The maximum absolute atomic E-state index is 13.6. The molecule has 1 fully saturated rings. The average Bonchev–Trinajstić information content (AvgIpc) is 3.24. The molecule has 0 bridgehead atoms. The fraction of sp³-hybridized carbons (Fsp3) is 0.346. The number of rotatable bonds is 4. The number of hydrogen-bond donors (Lipinski definition) is 1. The summed E-state index contributed by atoms with van der Waals surface area (Å²) >= 11 is 0. The van der Waals surface area contributed by atoms with Gasteiger partial charge < -0.3 is 10.2 Å². The van der Waals surface area contributed by atoms with Gasteiger partial charge in [0.2, 0.25) is 5.91 Å². The predicted octanol–water partition coefficient (Wildman–Crippen LogP) is 4.38. The molecule has 1 aromatic heterocycles. The molecule has 2 aliphatic rings. The van der Waals surface area contributed by atoms with Crippen molar-refractivity contribution >= 4 is 17.5 Å². The van der Waals surface area contributed by atoms with Gasteiger partial charge in [-0.15, -0.1) is 0 Å². The van der Waals surface area contributed by atoms with Crippen molar-refractivity contribution in [3.8, 4) is 5.69 Å². The number of benzene rings is 2. The van der Waals surface area contributed by atoms with Gasteiger partial charge >= 0.3 is 0 Å². The number of anilines is 1. The van der Waals surface area contributed by atoms with E-state index in [0.29, 0.717) is 18.8 Å². The van der Waals surface area contributed by atoms with Crippen molar-refractivity contribution in [3.63, 3.8) is 0 Å². The van der Waals surface area contributed by atoms with Crippen LogP contribution in [0.4, 0.5) is 10.1 Å². The lowest BCUT2D eigenvalue weighted by Gasteiger charge is -2.32. The van der Waals surface area contributed by atoms with Crippen LogP contribution in [0.15, 0.2) is 54.6 Å². The summed E-state index contributed by atoms with van der Waals surface area (Å²) in [5.74, 6) is -0.731. The number of carbonyl (C=O) groups excluding carboxylic acids is 2. The molecule has 1 aliphatic carbocycles. The van der Waals surface area contributed by atoms with E-state index in [1.807, 2.05) is 30.3 Å². The molecule has 2 aromatic carbocycles. The molecule has 1 atom stereocenters. The van der Waals surface area contributed by atoms with Crippen LogP contribution in [-0.2, 0) is 17.6 Å². The number of para-hydroxylation sites is 1. The molecule has 1 unspecified atom stereocenters. The monoisotopic (exact) mass is 446 g/mol. The molecule has 2 amide bonds. The van der Waals surface area contributed by atoms with Crippen LogP contribution in [0, 0.1) is 11.7 Å². The maximum atomic E-state index is 13.6. The molecule has 170 valence electrons. The van der Waals surface area contributed by atoms with Crippen LogP contribution in [0.2, 0.25) is 0 Å². The normalized spacial score (nSPS) is 18.0. The number of hydrogen-bond acceptors (Lipinski definition) is 3. The average molecular weight is 447 g/mol. The highest BCUT2D eigenvalue weighted by molar-refractivity contribution is 5.96. The third-order valence-electron chi connectivity index (χ3n) is 6.57. The molecule has 0 saturated carbocycles. The van der Waals surface area contributed by atoms with E-state index in [0.717, 1.165) is 61.2 Å². The van der Waals surface area contributed by atoms with Gasteiger partial charge in [0.1, 0.15) is 5.82 Å². The van der Waals surface area contributed by atoms with Gasteiger partial charge in [-0.05, 0) is 74.9 Å². The zero-order valence-corrected chi connectivity index (χ0v) is 18.5. The minimum atomic E-state index is -0.302. The van der Waals surface area contributed by atoms with Crippen LogP contribution < -0.4 is 5.32 Å². The zero-order valence-electron chi connectivity index (χ0n) is 18.5. The van der Waals surface area contributed by atoms with E-state index in [1.165, 1.54) is 12.1 Å². The maximum Gasteiger partial charge on any atom is 0.274 e. The third kappa shape index (κ3) is 4.40. The number of halogens is 1. The second-order valence-electron chi connectivity index (χ2n) is 8.81. The SMILES string of the molecule is O=C(Nc1ccccc1)C1CCCN(C(=O)c2nn(-c3ccc(F)cc3)c3c2CCCC3)C1. The van der Waals surface area contributed by atoms with E-state index >= 15 is 0 Å². The number of nitrogens with one attached hydrogen (secondary N) is 1. The first kappa shape index (κ1) is 21.4. The summed E-state index contributed by atoms with van der Waals surface area (Å²) in [6, 6.07) is 15.6. The second-order valence-corrected chi connectivity index (χ2v) is 8.81. The first-order valence-corrected chi connectivity index (χ1v) is 11.6. The number of nitrogens with zero attached hydrogens (tertiary/aromatic N) is 3. The molecule has 5 rings (SSSR count). The summed E-state index contributed by atoms with van der Waals surface area (Å²) in [6.07, 6.45) is 5.24. The Bertz CT molecular complexity index is 1160. The fourth-order valence-electron chi connectivity index (χ4n) is 4.86. The van der Waals surface area contributed by atoms with Crippen LogP contribution in [0.5, 0.6) is 0 Å². The Morgan fingerprint density at radius 3 is 2.52 bits per heavy atom. The first-order valence-electron chi connectivity index (χ1n) is 11.6. The molecule has 7 heteroatoms. The van der Waals surface area contributed by atoms with E-state index in [2.05, 4.69) is 5.32 Å². The van der Waals surface area contributed by atoms with Gasteiger partial charge in [-0.25, -0.2) is 9.07 Å². The Kier molecular flexibility index (Phi) is 5.94. The summed E-state index contributed by atoms with van der Waals surface area (Å²) in [5.41, 5.74) is 4.02. The Labute approximate surface area is 192 Å². The van der Waals surface area contributed by atoms with Gasteiger partial charge in [-0.1, -0.05) is 18.2 Å². The molecular formula is C26H27FN4O2. The van der Waals surface area contributed by atoms with E-state index in [1.54, 1.807) is 21.7 Å². The Morgan fingerprint density at radius 1 is 0.970 bits per heavy atom. The minimum Gasteiger partial charge on any atom is -0.336 e. The van der Waals surface area contributed by atoms with Crippen molar-refractivity contribution in [2.24, 2.45) is 5.92 Å². The van der Waals surface area contributed by atoms with E-state index < -0.39 is 0 Å². The van der Waals surface area contributed by atoms with Crippen molar-refractivity contribution < 1.29 is 14.0 Å². The highest BCUT2D eigenvalue weighted by atomic mass is 19.1. The Morgan fingerprint density at radius 2 is 1.73 bits per heavy atom. The van der Waals surface area contributed by atoms with Crippen LogP contribution in [0.3, 0.4) is 0 Å². The summed E-state index contributed by atoms with van der Waals surface area (Å²) in [5, 5.41) is 7.67. The summed E-state index contributed by atoms with van der Waals surface area (Å²) < 4.78 is 15.2. The molecule has 1 N–H and O–H groups in total. The summed E-state index contributed by atoms with van der Waals surface area (Å²) in [4.78, 5) is 28.1. The van der Waals surface area contributed by atoms with Crippen molar-refractivity contribution in [1.29, 1.82) is 0 Å². The number of carbonyl (C=O) groups is 2. The van der Waals surface area contributed by atoms with E-state index in [4.69, 9.17) is 5.10 Å². The fourth-order valence-corrected chi connectivity index (χ4v) is 4.86. The van der Waals surface area contributed by atoms with Crippen molar-refractivity contribution in [3.05, 3.63) is 77.4 Å². The molecular weight excluding hydrogens is 419 g/mol. The first-order chi connectivity index (χ1) is 16.1. The highest BCUT2D eigenvalue weighted by Gasteiger charge is 2.33. The van der Waals surface area contributed by atoms with Gasteiger partial charge in [0.25, 0.3) is 5.91 Å². The largest absolute Gasteiger partial charge is 0.336 e. The van der Waals surface area contributed by atoms with Crippen LogP contribution in [0.1, 0.15) is 47.4 Å². The number of fused-ring (bicyclic) bond motifs is 1. The van der Waals surface area contributed by atoms with E-state index in [-0.39, 0.29) is 23.5 Å². The smallest absolute Gasteiger partial charge is 0.274 e. The quantitative estimate of drug-likeness (QED) is 0.647. The molecule has 0 radical (unpaired) electrons. The summed E-state index contributed by atoms with van der Waals surface area (Å²) in [6.45, 7) is 1.00. The summed E-state index contributed by atoms with van der Waals surface area (Å²) in [7, 11) is 0. The Hall–Kier alpha value is -3.48. The van der Waals surface area contributed by atoms with Crippen molar-refractivity contribution in [1.82, 2.24) is 14.7 Å². The van der Waals surface area contributed by atoms with Crippen LogP contribution in [0.25, 0.3) is 5.69 Å². The molecule has 1 saturated heterocycles. The minimum absolute atomic E-state index is 0.0578. The number of likely N-dealkylation sites (tertiary alicyclic amines) is 1. The second kappa shape index (κ2) is 9.17. The number of amides is 2. The van der Waals surface area contributed by atoms with Gasteiger partial charge in [0.15, 0.2) is 5.69 Å². The van der Waals surface area contributed by atoms with Crippen LogP contribution in [-0.4, -0.2) is 39.6 Å². The lowest BCUT2D eigenvalue weighted by atomic mass is 9.93. The molecule has 0 spiro atoms. The molecule has 3 aromatic rings. The standard InChI is InChI=1S/C26H27FN4O2/c27-19-12-14-21(15-13-19)31-23-11-5-4-10-22(23)24(29-31)26(33)30-16-6-7-18(17-30)25(32)28-20-8-2-1-3-9-20/h1-3,8-9,12-15,18H,4-7,10-11,16-17H2,(H,28,32). The Balaban J connectivity index is 1.37. The molecule has 6 nitrogen and oxygen atoms in total. The van der Waals surface area contributed by atoms with Gasteiger partial charge in [0.05, 0.1) is 11.6 Å². The molecule has 33 heavy (non-hydrogen) atoms. The zero-order chi connectivity index (χ0) is 22.8. The van der Waals surface area contributed by atoms with Gasteiger partial charge in [-0.2, -0.15) is 5.10 Å². The molecule has 1 aliphatic heterocycles. The van der Waals surface area contributed by atoms with Gasteiger partial charge in [-0.3, -0.25) is 9.59 Å². The number of piperidine rings is 1. The topological polar surface area (TPSA) is 67.2 Å². The lowest BCUT2D eigenvalue weighted by molar-refractivity contribution is -0.121. The van der Waals surface area contributed by atoms with Crippen molar-refractivity contribution in [2.75, 3.05) is 18.4 Å².